The number of aryl methyl sites for hydroxylation is 1. The van der Waals surface area contributed by atoms with Crippen molar-refractivity contribution in [3.8, 4) is 10.6 Å². The molecule has 4 aromatic rings. The average Bonchev–Trinajstić information content (AvgIpc) is 3.51. The Hall–Kier alpha value is -3.07. The number of hydrogen-bond donors (Lipinski definition) is 1. The topological polar surface area (TPSA) is 104 Å². The highest BCUT2D eigenvalue weighted by Gasteiger charge is 2.34. The van der Waals surface area contributed by atoms with Crippen molar-refractivity contribution >= 4 is 38.1 Å². The summed E-state index contributed by atoms with van der Waals surface area (Å²) in [5, 5.41) is 7.44. The van der Waals surface area contributed by atoms with Crippen LogP contribution in [0.5, 0.6) is 0 Å². The van der Waals surface area contributed by atoms with Crippen molar-refractivity contribution in [1.82, 2.24) is 24.3 Å². The van der Waals surface area contributed by atoms with E-state index in [1.807, 2.05) is 20.8 Å². The number of benzene rings is 1. The van der Waals surface area contributed by atoms with Gasteiger partial charge in [-0.05, 0) is 45.0 Å². The van der Waals surface area contributed by atoms with Gasteiger partial charge in [0.2, 0.25) is 0 Å². The number of halogens is 3. The molecular weight excluding hydrogens is 553 g/mol. The zero-order valence-corrected chi connectivity index (χ0v) is 23.1. The van der Waals surface area contributed by atoms with Crippen LogP contribution in [-0.4, -0.2) is 71.5 Å². The van der Waals surface area contributed by atoms with E-state index in [4.69, 9.17) is 4.52 Å². The van der Waals surface area contributed by atoms with Crippen LogP contribution in [-0.2, 0) is 16.2 Å². The van der Waals surface area contributed by atoms with E-state index in [0.29, 0.717) is 54.6 Å². The lowest BCUT2D eigenvalue weighted by molar-refractivity contribution is -0.136. The molecule has 0 spiro atoms. The summed E-state index contributed by atoms with van der Waals surface area (Å²) >= 11 is 1.16. The van der Waals surface area contributed by atoms with E-state index in [1.54, 1.807) is 18.2 Å². The Kier molecular flexibility index (Phi) is 7.39. The molecule has 0 unspecified atom stereocenters. The third-order valence-corrected chi connectivity index (χ3v) is 10.2. The number of hydrogen-bond acceptors (Lipinski definition) is 9. The predicted octanol–water partition coefficient (Wildman–Crippen LogP) is 4.79. The van der Waals surface area contributed by atoms with Crippen molar-refractivity contribution in [2.24, 2.45) is 0 Å². The van der Waals surface area contributed by atoms with Crippen LogP contribution in [0, 0.1) is 13.8 Å². The number of nitrogens with one attached hydrogen (secondary N) is 1. The highest BCUT2D eigenvalue weighted by molar-refractivity contribution is 7.91. The summed E-state index contributed by atoms with van der Waals surface area (Å²) in [7, 11) is -3.66. The lowest BCUT2D eigenvalue weighted by Gasteiger charge is -2.35. The Bertz CT molecular complexity index is 1590. The molecule has 1 saturated heterocycles. The zero-order chi connectivity index (χ0) is 27.9. The van der Waals surface area contributed by atoms with E-state index in [0.717, 1.165) is 35.0 Å². The monoisotopic (exact) mass is 580 g/mol. The second-order valence-electron chi connectivity index (χ2n) is 9.51. The van der Waals surface area contributed by atoms with Gasteiger partial charge in [-0.2, -0.15) is 17.5 Å². The smallest absolute Gasteiger partial charge is 0.366 e. The molecule has 1 N–H and O–H groups in total. The second-order valence-corrected chi connectivity index (χ2v) is 12.8. The maximum absolute atomic E-state index is 13.4. The highest BCUT2D eigenvalue weighted by atomic mass is 32.2. The number of anilines is 1. The van der Waals surface area contributed by atoms with Gasteiger partial charge in [-0.1, -0.05) is 11.2 Å². The molecule has 0 aliphatic carbocycles. The number of sulfonamides is 1. The molecule has 1 atom stereocenters. The maximum Gasteiger partial charge on any atom is 0.418 e. The lowest BCUT2D eigenvalue weighted by Crippen LogP contribution is -2.50. The lowest BCUT2D eigenvalue weighted by atomic mass is 10.1. The summed E-state index contributed by atoms with van der Waals surface area (Å²) in [5.41, 5.74) is 0.688. The fourth-order valence-corrected chi connectivity index (χ4v) is 7.52. The summed E-state index contributed by atoms with van der Waals surface area (Å²) in [6, 6.07) is 7.08. The Morgan fingerprint density at radius 3 is 2.51 bits per heavy atom. The number of para-hydroxylation sites is 1. The summed E-state index contributed by atoms with van der Waals surface area (Å²) in [5.74, 6) is 0.904. The average molecular weight is 581 g/mol. The minimum Gasteiger partial charge on any atom is -0.366 e. The first-order valence-corrected chi connectivity index (χ1v) is 14.5. The van der Waals surface area contributed by atoms with Gasteiger partial charge in [0.15, 0.2) is 5.76 Å². The first kappa shape index (κ1) is 27.5. The first-order valence-electron chi connectivity index (χ1n) is 12.3. The van der Waals surface area contributed by atoms with Crippen LogP contribution < -0.4 is 5.32 Å². The van der Waals surface area contributed by atoms with Gasteiger partial charge in [0.1, 0.15) is 16.4 Å². The van der Waals surface area contributed by atoms with Crippen LogP contribution in [0.3, 0.4) is 0 Å². The van der Waals surface area contributed by atoms with Crippen LogP contribution in [0.1, 0.15) is 23.7 Å². The highest BCUT2D eigenvalue weighted by Crippen LogP contribution is 2.36. The predicted molar refractivity (Wildman–Crippen MR) is 142 cm³/mol. The number of nitrogens with zero attached hydrogens (tertiary/aromatic N) is 5. The van der Waals surface area contributed by atoms with E-state index in [-0.39, 0.29) is 15.8 Å². The number of piperazine rings is 1. The van der Waals surface area contributed by atoms with Crippen molar-refractivity contribution in [3.05, 3.63) is 53.5 Å². The number of alkyl halides is 3. The SMILES string of the molecule is Cc1noc(-c2ccc(S(=O)(=O)N3CCN(C[C@H](C)Nc4ncnc5c(C(F)(F)F)cccc45)CC3)s2)c1C. The number of thiophene rings is 1. The number of rotatable bonds is 7. The van der Waals surface area contributed by atoms with Crippen LogP contribution in [0.15, 0.2) is 45.4 Å². The summed E-state index contributed by atoms with van der Waals surface area (Å²) in [6.45, 7) is 7.89. The normalized spacial score (nSPS) is 16.6. The van der Waals surface area contributed by atoms with E-state index in [9.17, 15) is 21.6 Å². The van der Waals surface area contributed by atoms with E-state index < -0.39 is 21.8 Å². The Labute approximate surface area is 227 Å². The standard InChI is InChI=1S/C25H27F3N6O3S2/c1-15(31-24-18-5-4-6-19(25(26,27)28)22(18)29-14-30-24)13-33-9-11-34(12-10-33)39(35,36)21-8-7-20(38-21)23-16(2)17(3)32-37-23/h4-8,14-15H,9-13H2,1-3H3,(H,29,30,31)/t15-/m0/s1. The van der Waals surface area contributed by atoms with E-state index >= 15 is 0 Å². The van der Waals surface area contributed by atoms with Crippen molar-refractivity contribution in [2.45, 2.75) is 37.2 Å². The third kappa shape index (κ3) is 5.51. The molecule has 39 heavy (non-hydrogen) atoms. The molecule has 9 nitrogen and oxygen atoms in total. The second kappa shape index (κ2) is 10.5. The molecule has 0 radical (unpaired) electrons. The molecule has 4 heterocycles. The van der Waals surface area contributed by atoms with Crippen molar-refractivity contribution in [2.75, 3.05) is 38.0 Å². The number of aromatic nitrogens is 3. The molecule has 0 saturated carbocycles. The van der Waals surface area contributed by atoms with Gasteiger partial charge in [0.05, 0.1) is 21.7 Å². The molecule has 0 bridgehead atoms. The fourth-order valence-electron chi connectivity index (χ4n) is 4.60. The molecule has 14 heteroatoms. The Morgan fingerprint density at radius 1 is 1.10 bits per heavy atom. The molecule has 3 aromatic heterocycles. The van der Waals surface area contributed by atoms with Gasteiger partial charge in [-0.25, -0.2) is 18.4 Å². The van der Waals surface area contributed by atoms with Crippen LogP contribution in [0.4, 0.5) is 19.0 Å². The van der Waals surface area contributed by atoms with Crippen LogP contribution >= 0.6 is 11.3 Å². The van der Waals surface area contributed by atoms with Gasteiger partial charge in [0, 0.05) is 49.7 Å². The molecule has 1 aliphatic heterocycles. The molecule has 208 valence electrons. The van der Waals surface area contributed by atoms with Crippen molar-refractivity contribution in [1.29, 1.82) is 0 Å². The minimum absolute atomic E-state index is 0.154. The third-order valence-electron chi connectivity index (χ3n) is 6.77. The minimum atomic E-state index is -4.52. The van der Waals surface area contributed by atoms with E-state index in [1.165, 1.54) is 10.4 Å². The Morgan fingerprint density at radius 2 is 1.85 bits per heavy atom. The van der Waals surface area contributed by atoms with Gasteiger partial charge in [-0.3, -0.25) is 4.90 Å². The molecule has 0 amide bonds. The maximum atomic E-state index is 13.4. The largest absolute Gasteiger partial charge is 0.418 e. The van der Waals surface area contributed by atoms with Gasteiger partial charge >= 0.3 is 6.18 Å². The molecular formula is C25H27F3N6O3S2. The van der Waals surface area contributed by atoms with Gasteiger partial charge in [0.25, 0.3) is 10.0 Å². The fraction of sp³-hybridized carbons (Fsp3) is 0.400. The summed E-state index contributed by atoms with van der Waals surface area (Å²) in [6.07, 6.45) is -3.40. The molecule has 1 fully saturated rings. The Balaban J connectivity index is 1.21. The van der Waals surface area contributed by atoms with E-state index in [2.05, 4.69) is 25.3 Å². The van der Waals surface area contributed by atoms with Gasteiger partial charge in [-0.15, -0.1) is 11.3 Å². The first-order chi connectivity index (χ1) is 18.4. The summed E-state index contributed by atoms with van der Waals surface area (Å²) < 4.78 is 73.9. The molecule has 5 rings (SSSR count). The number of fused-ring (bicyclic) bond motifs is 1. The zero-order valence-electron chi connectivity index (χ0n) is 21.5. The quantitative estimate of drug-likeness (QED) is 0.333. The van der Waals surface area contributed by atoms with Gasteiger partial charge < -0.3 is 9.84 Å². The summed E-state index contributed by atoms with van der Waals surface area (Å²) in [4.78, 5) is 10.9. The van der Waals surface area contributed by atoms with Crippen molar-refractivity contribution in [3.63, 3.8) is 0 Å². The van der Waals surface area contributed by atoms with Crippen molar-refractivity contribution < 1.29 is 26.1 Å². The van der Waals surface area contributed by atoms with Crippen LogP contribution in [0.25, 0.3) is 21.5 Å². The molecule has 1 aliphatic rings. The molecule has 1 aromatic carbocycles. The van der Waals surface area contributed by atoms with Crippen LogP contribution in [0.2, 0.25) is 0 Å².